The van der Waals surface area contributed by atoms with Crippen LogP contribution in [0.15, 0.2) is 48.7 Å². The molecule has 1 aliphatic rings. The lowest BCUT2D eigenvalue weighted by Gasteiger charge is -2.24. The van der Waals surface area contributed by atoms with Gasteiger partial charge in [-0.05, 0) is 75.1 Å². The lowest BCUT2D eigenvalue weighted by atomic mass is 10.0. The van der Waals surface area contributed by atoms with Crippen molar-refractivity contribution in [2.24, 2.45) is 0 Å². The van der Waals surface area contributed by atoms with Crippen molar-refractivity contribution in [3.63, 3.8) is 0 Å². The van der Waals surface area contributed by atoms with Gasteiger partial charge in [-0.2, -0.15) is 5.10 Å². The number of rotatable bonds is 4. The Morgan fingerprint density at radius 2 is 1.76 bits per heavy atom. The molecule has 168 valence electrons. The highest BCUT2D eigenvalue weighted by molar-refractivity contribution is 6.00. The number of likely N-dealkylation sites (tertiary alicyclic amines) is 1. The summed E-state index contributed by atoms with van der Waals surface area (Å²) in [5.74, 6) is 0.782. The maximum absolute atomic E-state index is 13.6. The summed E-state index contributed by atoms with van der Waals surface area (Å²) in [5, 5.41) is 4.41. The molecule has 0 radical (unpaired) electrons. The molecule has 4 heterocycles. The Kier molecular flexibility index (Phi) is 5.32. The number of benzene rings is 1. The molecule has 0 bridgehead atoms. The Labute approximate surface area is 193 Å². The highest BCUT2D eigenvalue weighted by Crippen LogP contribution is 2.35. The quantitative estimate of drug-likeness (QED) is 0.459. The van der Waals surface area contributed by atoms with E-state index >= 15 is 0 Å². The molecule has 7 nitrogen and oxygen atoms in total. The fourth-order valence-corrected chi connectivity index (χ4v) is 4.71. The van der Waals surface area contributed by atoms with Gasteiger partial charge in [-0.1, -0.05) is 12.1 Å². The summed E-state index contributed by atoms with van der Waals surface area (Å²) in [6, 6.07) is 14.1. The standard InChI is InChI=1S/C26H27N5O2/c1-16-12-18(3)31-25(29-16)22(15-27-31)26(32)30-11-5-6-24(30)23-14-20(13-17(2)28-23)19-7-9-21(33-4)10-8-19/h7-10,12-15,24H,5-6,11H2,1-4H3. The number of carbonyl (C=O) groups excluding carboxylic acids is 1. The van der Waals surface area contributed by atoms with E-state index in [1.807, 2.05) is 56.0 Å². The molecule has 3 aromatic heterocycles. The molecule has 1 atom stereocenters. The van der Waals surface area contributed by atoms with Crippen LogP contribution in [0.1, 0.15) is 52.0 Å². The number of aromatic nitrogens is 4. The first-order valence-electron chi connectivity index (χ1n) is 11.2. The first-order valence-corrected chi connectivity index (χ1v) is 11.2. The van der Waals surface area contributed by atoms with Crippen LogP contribution in [0.25, 0.3) is 16.8 Å². The van der Waals surface area contributed by atoms with Crippen molar-refractivity contribution in [2.45, 2.75) is 39.7 Å². The predicted octanol–water partition coefficient (Wildman–Crippen LogP) is 4.70. The lowest BCUT2D eigenvalue weighted by molar-refractivity contribution is 0.0734. The van der Waals surface area contributed by atoms with Gasteiger partial charge in [0.15, 0.2) is 5.65 Å². The van der Waals surface area contributed by atoms with Gasteiger partial charge in [0.25, 0.3) is 5.91 Å². The van der Waals surface area contributed by atoms with E-state index < -0.39 is 0 Å². The van der Waals surface area contributed by atoms with Crippen molar-refractivity contribution in [1.29, 1.82) is 0 Å². The van der Waals surface area contributed by atoms with Gasteiger partial charge >= 0.3 is 0 Å². The lowest BCUT2D eigenvalue weighted by Crippen LogP contribution is -2.31. The second-order valence-electron chi connectivity index (χ2n) is 8.64. The summed E-state index contributed by atoms with van der Waals surface area (Å²) in [4.78, 5) is 25.0. The van der Waals surface area contributed by atoms with E-state index in [4.69, 9.17) is 9.72 Å². The first-order chi connectivity index (χ1) is 15.9. The number of methoxy groups -OCH3 is 1. The zero-order valence-corrected chi connectivity index (χ0v) is 19.4. The third kappa shape index (κ3) is 3.84. The molecule has 0 N–H and O–H groups in total. The highest BCUT2D eigenvalue weighted by Gasteiger charge is 2.33. The molecule has 0 saturated carbocycles. The molecule has 0 spiro atoms. The summed E-state index contributed by atoms with van der Waals surface area (Å²) in [7, 11) is 1.66. The smallest absolute Gasteiger partial charge is 0.259 e. The van der Waals surface area contributed by atoms with Crippen molar-refractivity contribution < 1.29 is 9.53 Å². The van der Waals surface area contributed by atoms with E-state index in [9.17, 15) is 4.79 Å². The van der Waals surface area contributed by atoms with Crippen LogP contribution < -0.4 is 4.74 Å². The second-order valence-corrected chi connectivity index (χ2v) is 8.64. The van der Waals surface area contributed by atoms with Crippen LogP contribution >= 0.6 is 0 Å². The molecule has 1 unspecified atom stereocenters. The van der Waals surface area contributed by atoms with E-state index in [-0.39, 0.29) is 11.9 Å². The van der Waals surface area contributed by atoms with Gasteiger partial charge in [-0.15, -0.1) is 0 Å². The maximum Gasteiger partial charge on any atom is 0.259 e. The van der Waals surface area contributed by atoms with E-state index in [0.29, 0.717) is 17.8 Å². The average molecular weight is 442 g/mol. The minimum absolute atomic E-state index is 0.0423. The number of aryl methyl sites for hydroxylation is 3. The molecule has 1 aromatic carbocycles. The van der Waals surface area contributed by atoms with Gasteiger partial charge in [0.05, 0.1) is 25.0 Å². The fourth-order valence-electron chi connectivity index (χ4n) is 4.71. The number of pyridine rings is 1. The normalized spacial score (nSPS) is 15.9. The molecule has 1 amide bonds. The Morgan fingerprint density at radius 1 is 1.00 bits per heavy atom. The number of nitrogens with zero attached hydrogens (tertiary/aromatic N) is 5. The summed E-state index contributed by atoms with van der Waals surface area (Å²) in [6.07, 6.45) is 3.46. The van der Waals surface area contributed by atoms with Crippen LogP contribution in [-0.2, 0) is 0 Å². The van der Waals surface area contributed by atoms with E-state index in [1.165, 1.54) is 0 Å². The van der Waals surface area contributed by atoms with Crippen LogP contribution in [-0.4, -0.2) is 44.0 Å². The van der Waals surface area contributed by atoms with Crippen LogP contribution in [0.3, 0.4) is 0 Å². The second kappa shape index (κ2) is 8.31. The number of hydrogen-bond acceptors (Lipinski definition) is 5. The van der Waals surface area contributed by atoms with Crippen molar-refractivity contribution in [3.05, 3.63) is 77.0 Å². The molecular formula is C26H27N5O2. The maximum atomic E-state index is 13.6. The van der Waals surface area contributed by atoms with Crippen molar-refractivity contribution in [1.82, 2.24) is 24.5 Å². The third-order valence-corrected chi connectivity index (χ3v) is 6.26. The number of hydrogen-bond donors (Lipinski definition) is 0. The van der Waals surface area contributed by atoms with Crippen molar-refractivity contribution in [3.8, 4) is 16.9 Å². The Bertz CT molecular complexity index is 1340. The van der Waals surface area contributed by atoms with Crippen LogP contribution in [0, 0.1) is 20.8 Å². The van der Waals surface area contributed by atoms with Gasteiger partial charge < -0.3 is 9.64 Å². The summed E-state index contributed by atoms with van der Waals surface area (Å²) >= 11 is 0. The predicted molar refractivity (Wildman–Crippen MR) is 126 cm³/mol. The molecule has 0 aliphatic carbocycles. The number of amides is 1. The molecule has 1 saturated heterocycles. The fraction of sp³-hybridized carbons (Fsp3) is 0.308. The van der Waals surface area contributed by atoms with E-state index in [1.54, 1.807) is 17.8 Å². The molecule has 4 aromatic rings. The summed E-state index contributed by atoms with van der Waals surface area (Å²) in [5.41, 5.74) is 7.01. The third-order valence-electron chi connectivity index (χ3n) is 6.26. The summed E-state index contributed by atoms with van der Waals surface area (Å²) < 4.78 is 7.02. The molecule has 7 heteroatoms. The zero-order chi connectivity index (χ0) is 23.1. The van der Waals surface area contributed by atoms with Crippen LogP contribution in [0.2, 0.25) is 0 Å². The Hall–Kier alpha value is -3.74. The monoisotopic (exact) mass is 441 g/mol. The average Bonchev–Trinajstić information content (AvgIpc) is 3.46. The number of ether oxygens (including phenoxy) is 1. The van der Waals surface area contributed by atoms with Crippen molar-refractivity contribution in [2.75, 3.05) is 13.7 Å². The molecule has 1 fully saturated rings. The van der Waals surface area contributed by atoms with Crippen LogP contribution in [0.5, 0.6) is 5.75 Å². The van der Waals surface area contributed by atoms with Gasteiger partial charge in [0.2, 0.25) is 0 Å². The molecular weight excluding hydrogens is 414 g/mol. The summed E-state index contributed by atoms with van der Waals surface area (Å²) in [6.45, 7) is 6.60. The minimum atomic E-state index is -0.0738. The van der Waals surface area contributed by atoms with Gasteiger partial charge in [0, 0.05) is 23.6 Å². The molecule has 1 aliphatic heterocycles. The number of fused-ring (bicyclic) bond motifs is 1. The minimum Gasteiger partial charge on any atom is -0.497 e. The largest absolute Gasteiger partial charge is 0.497 e. The SMILES string of the molecule is COc1ccc(-c2cc(C)nc(C3CCCN3C(=O)c3cnn4c(C)cc(C)nc34)c2)cc1. The number of carbonyl (C=O) groups is 1. The zero-order valence-electron chi connectivity index (χ0n) is 19.4. The van der Waals surface area contributed by atoms with Gasteiger partial charge in [0.1, 0.15) is 11.3 Å². The van der Waals surface area contributed by atoms with E-state index in [2.05, 4.69) is 22.2 Å². The highest BCUT2D eigenvalue weighted by atomic mass is 16.5. The Morgan fingerprint density at radius 3 is 2.52 bits per heavy atom. The first kappa shape index (κ1) is 21.1. The van der Waals surface area contributed by atoms with Crippen LogP contribution in [0.4, 0.5) is 0 Å². The van der Waals surface area contributed by atoms with E-state index in [0.717, 1.165) is 52.5 Å². The van der Waals surface area contributed by atoms with Crippen molar-refractivity contribution >= 4 is 11.6 Å². The Balaban J connectivity index is 1.50. The van der Waals surface area contributed by atoms with Gasteiger partial charge in [-0.3, -0.25) is 9.78 Å². The van der Waals surface area contributed by atoms with Gasteiger partial charge in [-0.25, -0.2) is 9.50 Å². The molecule has 5 rings (SSSR count). The molecule has 33 heavy (non-hydrogen) atoms. The topological polar surface area (TPSA) is 72.6 Å².